The molecule has 0 heterocycles. The number of anilines is 1. The zero-order valence-corrected chi connectivity index (χ0v) is 25.9. The minimum atomic E-state index is -4.12. The number of nitrogens with zero attached hydrogens (tertiary/aromatic N) is 2. The van der Waals surface area contributed by atoms with Crippen LogP contribution in [0.25, 0.3) is 0 Å². The molecule has 1 N–H and O–H groups in total. The van der Waals surface area contributed by atoms with E-state index in [2.05, 4.69) is 5.32 Å². The van der Waals surface area contributed by atoms with Crippen LogP contribution in [0.4, 0.5) is 5.69 Å². The summed E-state index contributed by atoms with van der Waals surface area (Å²) in [5.41, 5.74) is 2.39. The van der Waals surface area contributed by atoms with Crippen LogP contribution in [0.2, 0.25) is 0 Å². The topological polar surface area (TPSA) is 86.8 Å². The fraction of sp³-hybridized carbons (Fsp3) is 0.257. The van der Waals surface area contributed by atoms with Crippen LogP contribution >= 0.6 is 0 Å². The van der Waals surface area contributed by atoms with Crippen molar-refractivity contribution in [3.63, 3.8) is 0 Å². The molecule has 224 valence electrons. The van der Waals surface area contributed by atoms with Gasteiger partial charge in [-0.25, -0.2) is 8.42 Å². The molecule has 43 heavy (non-hydrogen) atoms. The third-order valence-electron chi connectivity index (χ3n) is 6.86. The quantitative estimate of drug-likeness (QED) is 0.239. The minimum absolute atomic E-state index is 0.0743. The number of benzene rings is 4. The highest BCUT2D eigenvalue weighted by molar-refractivity contribution is 7.92. The molecule has 0 saturated carbocycles. The Balaban J connectivity index is 1.80. The summed E-state index contributed by atoms with van der Waals surface area (Å²) in [6.07, 6.45) is 0.261. The van der Waals surface area contributed by atoms with Crippen LogP contribution < -0.4 is 9.62 Å². The molecule has 0 bridgehead atoms. The van der Waals surface area contributed by atoms with E-state index in [1.807, 2.05) is 94.4 Å². The molecule has 0 aliphatic rings. The normalized spacial score (nSPS) is 12.3. The van der Waals surface area contributed by atoms with Gasteiger partial charge >= 0.3 is 0 Å². The van der Waals surface area contributed by atoms with Crippen LogP contribution in [0.5, 0.6) is 0 Å². The smallest absolute Gasteiger partial charge is 0.264 e. The van der Waals surface area contributed by atoms with Crippen molar-refractivity contribution in [3.8, 4) is 0 Å². The molecule has 0 fully saturated rings. The van der Waals surface area contributed by atoms with E-state index in [1.165, 1.54) is 17.0 Å². The van der Waals surface area contributed by atoms with Gasteiger partial charge in [0, 0.05) is 18.5 Å². The maximum atomic E-state index is 14.4. The van der Waals surface area contributed by atoms with Crippen molar-refractivity contribution in [2.45, 2.75) is 57.1 Å². The van der Waals surface area contributed by atoms with Crippen LogP contribution in [-0.4, -0.2) is 43.3 Å². The highest BCUT2D eigenvalue weighted by atomic mass is 32.2. The minimum Gasteiger partial charge on any atom is -0.350 e. The Morgan fingerprint density at radius 3 is 1.88 bits per heavy atom. The summed E-state index contributed by atoms with van der Waals surface area (Å²) in [4.78, 5) is 29.9. The zero-order chi connectivity index (χ0) is 31.0. The first-order valence-electron chi connectivity index (χ1n) is 14.3. The van der Waals surface area contributed by atoms with Crippen LogP contribution in [0.15, 0.2) is 120 Å². The van der Waals surface area contributed by atoms with Crippen molar-refractivity contribution in [2.75, 3.05) is 10.8 Å². The number of hydrogen-bond acceptors (Lipinski definition) is 4. The molecule has 0 radical (unpaired) electrons. The number of sulfonamides is 1. The van der Waals surface area contributed by atoms with Gasteiger partial charge in [-0.05, 0) is 68.7 Å². The molecule has 4 aromatic carbocycles. The molecule has 0 aliphatic heterocycles. The number of aryl methyl sites for hydroxylation is 1. The van der Waals surface area contributed by atoms with Gasteiger partial charge in [0.15, 0.2) is 0 Å². The molecule has 4 aromatic rings. The molecule has 1 atom stereocenters. The summed E-state index contributed by atoms with van der Waals surface area (Å²) in [7, 11) is -4.12. The summed E-state index contributed by atoms with van der Waals surface area (Å²) in [5, 5.41) is 3.04. The van der Waals surface area contributed by atoms with Crippen LogP contribution in [0.3, 0.4) is 0 Å². The second-order valence-corrected chi connectivity index (χ2v) is 13.5. The highest BCUT2D eigenvalue weighted by Gasteiger charge is 2.35. The van der Waals surface area contributed by atoms with Crippen molar-refractivity contribution in [2.24, 2.45) is 0 Å². The number of rotatable bonds is 11. The number of nitrogens with one attached hydrogen (secondary N) is 1. The van der Waals surface area contributed by atoms with Gasteiger partial charge in [-0.3, -0.25) is 13.9 Å². The van der Waals surface area contributed by atoms with Crippen molar-refractivity contribution in [1.82, 2.24) is 10.2 Å². The van der Waals surface area contributed by atoms with Crippen LogP contribution in [0, 0.1) is 6.92 Å². The SMILES string of the molecule is Cc1cccc(N(CC(=O)N(Cc2ccccc2)[C@@H](Cc2ccccc2)C(=O)NC(C)(C)C)S(=O)(=O)c2ccccc2)c1. The Kier molecular flexibility index (Phi) is 10.0. The van der Waals surface area contributed by atoms with Gasteiger partial charge in [-0.2, -0.15) is 0 Å². The molecule has 2 amide bonds. The van der Waals surface area contributed by atoms with Gasteiger partial charge in [-0.15, -0.1) is 0 Å². The molecule has 7 nitrogen and oxygen atoms in total. The van der Waals surface area contributed by atoms with Gasteiger partial charge in [0.25, 0.3) is 10.0 Å². The predicted molar refractivity (Wildman–Crippen MR) is 171 cm³/mol. The van der Waals surface area contributed by atoms with Gasteiger partial charge in [0.2, 0.25) is 11.8 Å². The van der Waals surface area contributed by atoms with Crippen molar-refractivity contribution >= 4 is 27.5 Å². The standard InChI is InChI=1S/C35H39N3O4S/c1-27-15-14-20-30(23-27)38(43(41,42)31-21-12-7-13-22-31)26-33(39)37(25-29-18-10-6-11-19-29)32(34(40)36-35(2,3)4)24-28-16-8-5-9-17-28/h5-23,32H,24-26H2,1-4H3,(H,36,40)/t32-/m0/s1. The predicted octanol–water partition coefficient (Wildman–Crippen LogP) is 5.75. The number of hydrogen-bond donors (Lipinski definition) is 1. The third kappa shape index (κ3) is 8.55. The molecule has 4 rings (SSSR count). The lowest BCUT2D eigenvalue weighted by Gasteiger charge is -2.35. The lowest BCUT2D eigenvalue weighted by Crippen LogP contribution is -2.56. The number of carbonyl (C=O) groups is 2. The van der Waals surface area contributed by atoms with Gasteiger partial charge in [0.1, 0.15) is 12.6 Å². The highest BCUT2D eigenvalue weighted by Crippen LogP contribution is 2.26. The van der Waals surface area contributed by atoms with Gasteiger partial charge in [-0.1, -0.05) is 91.0 Å². The molecule has 0 spiro atoms. The van der Waals surface area contributed by atoms with E-state index < -0.39 is 34.1 Å². The van der Waals surface area contributed by atoms with Gasteiger partial charge < -0.3 is 10.2 Å². The van der Waals surface area contributed by atoms with Crippen LogP contribution in [-0.2, 0) is 32.6 Å². The molecular formula is C35H39N3O4S. The van der Waals surface area contributed by atoms with E-state index in [0.717, 1.165) is 21.0 Å². The monoisotopic (exact) mass is 597 g/mol. The molecule has 8 heteroatoms. The Labute approximate surface area is 255 Å². The van der Waals surface area contributed by atoms with E-state index in [9.17, 15) is 18.0 Å². The summed E-state index contributed by atoms with van der Waals surface area (Å²) in [5.74, 6) is -0.802. The molecular weight excluding hydrogens is 558 g/mol. The first kappa shape index (κ1) is 31.5. The fourth-order valence-corrected chi connectivity index (χ4v) is 6.25. The lowest BCUT2D eigenvalue weighted by atomic mass is 10.0. The van der Waals surface area contributed by atoms with Crippen LogP contribution in [0.1, 0.15) is 37.5 Å². The second-order valence-electron chi connectivity index (χ2n) is 11.6. The molecule has 0 aliphatic carbocycles. The Bertz CT molecular complexity index is 1620. The fourth-order valence-electron chi connectivity index (χ4n) is 4.82. The Morgan fingerprint density at radius 1 is 0.767 bits per heavy atom. The van der Waals surface area contributed by atoms with Crippen molar-refractivity contribution in [3.05, 3.63) is 132 Å². The Morgan fingerprint density at radius 2 is 1.33 bits per heavy atom. The molecule has 0 unspecified atom stereocenters. The number of amides is 2. The van der Waals surface area contributed by atoms with Crippen molar-refractivity contribution in [1.29, 1.82) is 0 Å². The van der Waals surface area contributed by atoms with E-state index in [0.29, 0.717) is 5.69 Å². The maximum absolute atomic E-state index is 14.4. The first-order chi connectivity index (χ1) is 20.4. The second kappa shape index (κ2) is 13.7. The third-order valence-corrected chi connectivity index (χ3v) is 8.65. The van der Waals surface area contributed by atoms with E-state index in [4.69, 9.17) is 0 Å². The van der Waals surface area contributed by atoms with Crippen molar-refractivity contribution < 1.29 is 18.0 Å². The summed E-state index contributed by atoms with van der Waals surface area (Å²) < 4.78 is 29.2. The van der Waals surface area contributed by atoms with E-state index >= 15 is 0 Å². The first-order valence-corrected chi connectivity index (χ1v) is 15.7. The lowest BCUT2D eigenvalue weighted by molar-refractivity contribution is -0.140. The number of carbonyl (C=O) groups excluding carboxylic acids is 2. The average molecular weight is 598 g/mol. The van der Waals surface area contributed by atoms with Gasteiger partial charge in [0.05, 0.1) is 10.6 Å². The maximum Gasteiger partial charge on any atom is 0.264 e. The molecule has 0 saturated heterocycles. The van der Waals surface area contributed by atoms with E-state index in [-0.39, 0.29) is 23.8 Å². The van der Waals surface area contributed by atoms with E-state index in [1.54, 1.807) is 36.4 Å². The average Bonchev–Trinajstić information content (AvgIpc) is 2.98. The summed E-state index contributed by atoms with van der Waals surface area (Å²) >= 11 is 0. The summed E-state index contributed by atoms with van der Waals surface area (Å²) in [6, 6.07) is 33.1. The summed E-state index contributed by atoms with van der Waals surface area (Å²) in [6.45, 7) is 7.18. The molecule has 0 aromatic heterocycles. The largest absolute Gasteiger partial charge is 0.350 e. The Hall–Kier alpha value is -4.43. The zero-order valence-electron chi connectivity index (χ0n) is 25.1.